The summed E-state index contributed by atoms with van der Waals surface area (Å²) >= 11 is 0. The van der Waals surface area contributed by atoms with E-state index < -0.39 is 0 Å². The number of hydrogen-bond acceptors (Lipinski definition) is 7. The molecule has 1 amide bonds. The van der Waals surface area contributed by atoms with Gasteiger partial charge in [0.05, 0.1) is 11.7 Å². The van der Waals surface area contributed by atoms with Crippen LogP contribution in [0.25, 0.3) is 16.8 Å². The van der Waals surface area contributed by atoms with Crippen LogP contribution in [-0.4, -0.2) is 66.3 Å². The van der Waals surface area contributed by atoms with E-state index in [4.69, 9.17) is 0 Å². The molecule has 1 saturated heterocycles. The van der Waals surface area contributed by atoms with Gasteiger partial charge in [-0.15, -0.1) is 0 Å². The van der Waals surface area contributed by atoms with Gasteiger partial charge in [-0.25, -0.2) is 15.0 Å². The van der Waals surface area contributed by atoms with E-state index in [1.54, 1.807) is 53.8 Å². The van der Waals surface area contributed by atoms with E-state index in [2.05, 4.69) is 29.8 Å². The van der Waals surface area contributed by atoms with Crippen molar-refractivity contribution in [1.82, 2.24) is 34.2 Å². The molecule has 0 unspecified atom stereocenters. The average Bonchev–Trinajstić information content (AvgIpc) is 3.20. The van der Waals surface area contributed by atoms with E-state index in [1.807, 2.05) is 17.0 Å². The van der Waals surface area contributed by atoms with Crippen molar-refractivity contribution in [2.45, 2.75) is 0 Å². The van der Waals surface area contributed by atoms with Crippen LogP contribution in [0.1, 0.15) is 10.6 Å². The van der Waals surface area contributed by atoms with Crippen molar-refractivity contribution < 1.29 is 4.79 Å². The minimum absolute atomic E-state index is 0.102. The number of rotatable bonds is 3. The van der Waals surface area contributed by atoms with Gasteiger partial charge in [0.25, 0.3) is 5.91 Å². The summed E-state index contributed by atoms with van der Waals surface area (Å²) in [6.07, 6.45) is 12.0. The van der Waals surface area contributed by atoms with Crippen LogP contribution in [0.2, 0.25) is 0 Å². The molecule has 0 atom stereocenters. The molecule has 144 valence electrons. The molecule has 4 aromatic heterocycles. The maximum absolute atomic E-state index is 13.3. The zero-order valence-corrected chi connectivity index (χ0v) is 15.6. The third kappa shape index (κ3) is 3.16. The van der Waals surface area contributed by atoms with Gasteiger partial charge in [0, 0.05) is 68.9 Å². The van der Waals surface area contributed by atoms with Gasteiger partial charge >= 0.3 is 0 Å². The Bertz CT molecular complexity index is 1140. The van der Waals surface area contributed by atoms with Crippen LogP contribution < -0.4 is 4.90 Å². The average molecular weight is 386 g/mol. The summed E-state index contributed by atoms with van der Waals surface area (Å²) < 4.78 is 1.80. The lowest BCUT2D eigenvalue weighted by Gasteiger charge is -2.34. The second kappa shape index (κ2) is 7.27. The zero-order chi connectivity index (χ0) is 19.6. The molecule has 0 bridgehead atoms. The van der Waals surface area contributed by atoms with Crippen LogP contribution >= 0.6 is 0 Å². The third-order valence-electron chi connectivity index (χ3n) is 4.97. The molecule has 0 aliphatic carbocycles. The Labute approximate surface area is 166 Å². The number of imidazole rings is 1. The summed E-state index contributed by atoms with van der Waals surface area (Å²) in [4.78, 5) is 38.8. The second-order valence-corrected chi connectivity index (χ2v) is 6.69. The number of amides is 1. The van der Waals surface area contributed by atoms with Crippen LogP contribution in [-0.2, 0) is 0 Å². The van der Waals surface area contributed by atoms with Gasteiger partial charge < -0.3 is 9.80 Å². The molecule has 0 saturated carbocycles. The third-order valence-corrected chi connectivity index (χ3v) is 4.97. The standard InChI is InChI=1S/C20H18N8O/c29-19(26-9-11-27(12-10-26)20-23-5-2-6-24-20)18-25-17(15-3-1-4-21-13-15)16-14-22-7-8-28(16)18/h1-8,13-14H,9-12H2. The van der Waals surface area contributed by atoms with E-state index in [-0.39, 0.29) is 5.91 Å². The molecule has 1 aliphatic heterocycles. The maximum atomic E-state index is 13.3. The highest BCUT2D eigenvalue weighted by Crippen LogP contribution is 2.24. The lowest BCUT2D eigenvalue weighted by Crippen LogP contribution is -2.49. The molecular formula is C20H18N8O. The number of aromatic nitrogens is 6. The Morgan fingerprint density at radius 3 is 2.45 bits per heavy atom. The molecule has 1 fully saturated rings. The number of carbonyl (C=O) groups excluding carboxylic acids is 1. The fraction of sp³-hybridized carbons (Fsp3) is 0.200. The normalized spacial score (nSPS) is 14.3. The molecule has 5 heterocycles. The molecule has 1 aliphatic rings. The molecular weight excluding hydrogens is 368 g/mol. The summed E-state index contributed by atoms with van der Waals surface area (Å²) in [5, 5.41) is 0. The molecule has 0 N–H and O–H groups in total. The van der Waals surface area contributed by atoms with Gasteiger partial charge in [0.1, 0.15) is 5.69 Å². The fourth-order valence-corrected chi connectivity index (χ4v) is 3.51. The Hall–Kier alpha value is -3.88. The second-order valence-electron chi connectivity index (χ2n) is 6.69. The SMILES string of the molecule is O=C(c1nc(-c2cccnc2)c2cnccn12)N1CCN(c2ncccn2)CC1. The van der Waals surface area contributed by atoms with Crippen molar-refractivity contribution in [1.29, 1.82) is 0 Å². The number of carbonyl (C=O) groups is 1. The minimum Gasteiger partial charge on any atom is -0.337 e. The first kappa shape index (κ1) is 17.2. The van der Waals surface area contributed by atoms with Crippen LogP contribution in [0.3, 0.4) is 0 Å². The Morgan fingerprint density at radius 1 is 0.897 bits per heavy atom. The smallest absolute Gasteiger partial charge is 0.290 e. The number of nitrogens with zero attached hydrogens (tertiary/aromatic N) is 8. The fourth-order valence-electron chi connectivity index (χ4n) is 3.51. The van der Waals surface area contributed by atoms with Crippen molar-refractivity contribution in [3.8, 4) is 11.3 Å². The van der Waals surface area contributed by atoms with Gasteiger partial charge in [-0.1, -0.05) is 0 Å². The van der Waals surface area contributed by atoms with Gasteiger partial charge in [-0.05, 0) is 18.2 Å². The van der Waals surface area contributed by atoms with Gasteiger partial charge in [-0.2, -0.15) is 0 Å². The number of pyridine rings is 1. The summed E-state index contributed by atoms with van der Waals surface area (Å²) in [6.45, 7) is 2.52. The monoisotopic (exact) mass is 386 g/mol. The summed E-state index contributed by atoms with van der Waals surface area (Å²) in [5.41, 5.74) is 2.33. The van der Waals surface area contributed by atoms with E-state index >= 15 is 0 Å². The van der Waals surface area contributed by atoms with E-state index in [1.165, 1.54) is 0 Å². The van der Waals surface area contributed by atoms with Gasteiger partial charge in [0.15, 0.2) is 0 Å². The lowest BCUT2D eigenvalue weighted by molar-refractivity contribution is 0.0733. The van der Waals surface area contributed by atoms with Crippen LogP contribution in [0.15, 0.2) is 61.6 Å². The van der Waals surface area contributed by atoms with Gasteiger partial charge in [0.2, 0.25) is 11.8 Å². The van der Waals surface area contributed by atoms with Crippen LogP contribution in [0.4, 0.5) is 5.95 Å². The molecule has 0 aromatic carbocycles. The van der Waals surface area contributed by atoms with Crippen molar-refractivity contribution in [3.05, 3.63) is 67.4 Å². The van der Waals surface area contributed by atoms with Crippen molar-refractivity contribution >= 4 is 17.4 Å². The summed E-state index contributed by atoms with van der Waals surface area (Å²) in [5.74, 6) is 0.969. The van der Waals surface area contributed by atoms with Crippen LogP contribution in [0.5, 0.6) is 0 Å². The Morgan fingerprint density at radius 2 is 1.69 bits per heavy atom. The molecule has 29 heavy (non-hydrogen) atoms. The predicted octanol–water partition coefficient (Wildman–Crippen LogP) is 1.54. The highest BCUT2D eigenvalue weighted by Gasteiger charge is 2.27. The maximum Gasteiger partial charge on any atom is 0.290 e. The molecule has 9 nitrogen and oxygen atoms in total. The van der Waals surface area contributed by atoms with Crippen molar-refractivity contribution in [2.75, 3.05) is 31.1 Å². The first-order valence-electron chi connectivity index (χ1n) is 9.35. The van der Waals surface area contributed by atoms with E-state index in [0.29, 0.717) is 43.6 Å². The summed E-state index contributed by atoms with van der Waals surface area (Å²) in [6, 6.07) is 5.57. The number of fused-ring (bicyclic) bond motifs is 1. The van der Waals surface area contributed by atoms with Gasteiger partial charge in [-0.3, -0.25) is 19.2 Å². The predicted molar refractivity (Wildman–Crippen MR) is 106 cm³/mol. The molecule has 0 radical (unpaired) electrons. The van der Waals surface area contributed by atoms with E-state index in [0.717, 1.165) is 11.1 Å². The molecule has 9 heteroatoms. The lowest BCUT2D eigenvalue weighted by atomic mass is 10.2. The first-order chi connectivity index (χ1) is 14.3. The largest absolute Gasteiger partial charge is 0.337 e. The summed E-state index contributed by atoms with van der Waals surface area (Å²) in [7, 11) is 0. The quantitative estimate of drug-likeness (QED) is 0.527. The Kier molecular flexibility index (Phi) is 4.32. The zero-order valence-electron chi connectivity index (χ0n) is 15.6. The Balaban J connectivity index is 1.42. The molecule has 5 rings (SSSR count). The number of hydrogen-bond donors (Lipinski definition) is 0. The number of piperazine rings is 1. The minimum atomic E-state index is -0.102. The van der Waals surface area contributed by atoms with E-state index in [9.17, 15) is 4.79 Å². The van der Waals surface area contributed by atoms with Crippen LogP contribution in [0, 0.1) is 0 Å². The van der Waals surface area contributed by atoms with Crippen molar-refractivity contribution in [3.63, 3.8) is 0 Å². The first-order valence-corrected chi connectivity index (χ1v) is 9.35. The topological polar surface area (TPSA) is 92.4 Å². The molecule has 0 spiro atoms. The number of anilines is 1. The van der Waals surface area contributed by atoms with Crippen molar-refractivity contribution in [2.24, 2.45) is 0 Å². The highest BCUT2D eigenvalue weighted by molar-refractivity contribution is 5.94. The highest BCUT2D eigenvalue weighted by atomic mass is 16.2. The molecule has 4 aromatic rings.